The maximum Gasteiger partial charge on any atom is 0.298 e. The largest absolute Gasteiger partial charge is 0.508 e. The maximum absolute atomic E-state index is 10.2. The van der Waals surface area contributed by atoms with Gasteiger partial charge in [0.15, 0.2) is 0 Å². The highest BCUT2D eigenvalue weighted by Gasteiger charge is 1.97. The Morgan fingerprint density at radius 2 is 1.17 bits per heavy atom. The van der Waals surface area contributed by atoms with Gasteiger partial charge in [-0.15, -0.1) is 0 Å². The maximum atomic E-state index is 10.2. The zero-order chi connectivity index (χ0) is 22.7. The number of phenolic OH excluding ortho intramolecular Hbond substituents is 4. The van der Waals surface area contributed by atoms with E-state index < -0.39 is 0 Å². The Labute approximate surface area is 174 Å². The number of ether oxygens (including phenoxy) is 1. The van der Waals surface area contributed by atoms with Crippen molar-refractivity contribution in [1.29, 1.82) is 0 Å². The minimum Gasteiger partial charge on any atom is -0.508 e. The molecule has 0 aliphatic carbocycles. The molecule has 0 spiro atoms. The summed E-state index contributed by atoms with van der Waals surface area (Å²) in [6.45, 7) is 5.64. The summed E-state index contributed by atoms with van der Waals surface area (Å²) < 4.78 is 4.50. The van der Waals surface area contributed by atoms with Crippen LogP contribution >= 0.6 is 0 Å². The van der Waals surface area contributed by atoms with Crippen molar-refractivity contribution in [3.63, 3.8) is 0 Å². The van der Waals surface area contributed by atoms with E-state index in [1.807, 2.05) is 0 Å². The molecule has 4 N–H and O–H groups in total. The molecule has 0 unspecified atom stereocenters. The van der Waals surface area contributed by atoms with Gasteiger partial charge in [-0.3, -0.25) is 9.59 Å². The van der Waals surface area contributed by atoms with Crippen molar-refractivity contribution >= 4 is 12.8 Å². The fourth-order valence-electron chi connectivity index (χ4n) is 2.02. The lowest BCUT2D eigenvalue weighted by Gasteiger charge is -2.00. The molecular weight excluding hydrogens is 388 g/mol. The number of aldehydes is 1. The fraction of sp³-hybridized carbons (Fsp3) is 0.130. The summed E-state index contributed by atoms with van der Waals surface area (Å²) in [7, 11) is 0. The number of aryl methyl sites for hydroxylation is 3. The Morgan fingerprint density at radius 1 is 0.667 bits per heavy atom. The molecule has 0 bridgehead atoms. The van der Waals surface area contributed by atoms with Gasteiger partial charge in [0.05, 0.1) is 0 Å². The molecule has 0 amide bonds. The first-order valence-corrected chi connectivity index (χ1v) is 8.81. The summed E-state index contributed by atoms with van der Waals surface area (Å²) in [6.07, 6.45) is 0.708. The van der Waals surface area contributed by atoms with Crippen LogP contribution in [0, 0.1) is 20.8 Å². The highest BCUT2D eigenvalue weighted by molar-refractivity contribution is 5.75. The number of hydrogen-bond donors (Lipinski definition) is 4. The Balaban J connectivity index is 0.000000226. The van der Waals surface area contributed by atoms with Crippen LogP contribution in [-0.2, 0) is 4.79 Å². The van der Waals surface area contributed by atoms with E-state index in [0.29, 0.717) is 24.1 Å². The summed E-state index contributed by atoms with van der Waals surface area (Å²) >= 11 is 0. The number of hydrogen-bond acceptors (Lipinski definition) is 7. The van der Waals surface area contributed by atoms with Crippen molar-refractivity contribution in [2.45, 2.75) is 20.8 Å². The van der Waals surface area contributed by atoms with Gasteiger partial charge in [-0.25, -0.2) is 0 Å². The Morgan fingerprint density at radius 3 is 1.60 bits per heavy atom. The third kappa shape index (κ3) is 7.93. The van der Waals surface area contributed by atoms with E-state index in [2.05, 4.69) is 4.74 Å². The second-order valence-corrected chi connectivity index (χ2v) is 6.30. The van der Waals surface area contributed by atoms with Crippen LogP contribution < -0.4 is 4.74 Å². The SMILES string of the molecule is Cc1ccc(C=O)cc1O.Cc1ccc(O)cc1O.Cc1ccc(OC=O)cc1O. The van der Waals surface area contributed by atoms with E-state index >= 15 is 0 Å². The lowest BCUT2D eigenvalue weighted by molar-refractivity contribution is -0.120. The van der Waals surface area contributed by atoms with Crippen LogP contribution in [0.15, 0.2) is 54.6 Å². The summed E-state index contributed by atoms with van der Waals surface area (Å²) in [6, 6.07) is 14.0. The third-order valence-electron chi connectivity index (χ3n) is 3.93. The molecule has 0 radical (unpaired) electrons. The van der Waals surface area contributed by atoms with E-state index in [1.54, 1.807) is 51.1 Å². The normalized spacial score (nSPS) is 9.30. The van der Waals surface area contributed by atoms with Crippen LogP contribution in [0.3, 0.4) is 0 Å². The van der Waals surface area contributed by atoms with Crippen molar-refractivity contribution < 1.29 is 34.8 Å². The first-order chi connectivity index (χ1) is 14.2. The van der Waals surface area contributed by atoms with Crippen molar-refractivity contribution in [3.05, 3.63) is 76.9 Å². The standard InChI is InChI=1S/C8H8O3.C8H8O2.C7H8O2/c1-6-2-3-7(11-5-9)4-8(6)10;1-6-2-3-7(5-9)4-8(6)10;1-5-2-3-6(8)4-7(5)9/h2-5,10H,1H3;2-5,10H,1H3;2-4,8-9H,1H3. The Kier molecular flexibility index (Phi) is 9.42. The van der Waals surface area contributed by atoms with Gasteiger partial charge in [0.2, 0.25) is 0 Å². The van der Waals surface area contributed by atoms with Gasteiger partial charge in [-0.1, -0.05) is 24.3 Å². The van der Waals surface area contributed by atoms with Crippen LogP contribution in [0.1, 0.15) is 27.0 Å². The molecule has 0 aliphatic heterocycles. The molecule has 7 heteroatoms. The molecular formula is C23H24O7. The highest BCUT2D eigenvalue weighted by atomic mass is 16.5. The number of aromatic hydroxyl groups is 4. The molecule has 0 saturated heterocycles. The van der Waals surface area contributed by atoms with Crippen LogP contribution in [0.2, 0.25) is 0 Å². The van der Waals surface area contributed by atoms with Gasteiger partial charge in [0, 0.05) is 17.7 Å². The topological polar surface area (TPSA) is 124 Å². The summed E-state index contributed by atoms with van der Waals surface area (Å²) in [5.74, 6) is 0.880. The number of benzene rings is 3. The lowest BCUT2D eigenvalue weighted by Crippen LogP contribution is -1.87. The quantitative estimate of drug-likeness (QED) is 0.476. The Hall–Kier alpha value is -4.00. The van der Waals surface area contributed by atoms with Crippen molar-refractivity contribution in [2.24, 2.45) is 0 Å². The number of carbonyl (C=O) groups excluding carboxylic acids is 2. The second-order valence-electron chi connectivity index (χ2n) is 6.30. The molecule has 7 nitrogen and oxygen atoms in total. The molecule has 3 rings (SSSR count). The second kappa shape index (κ2) is 11.8. The first-order valence-electron chi connectivity index (χ1n) is 8.81. The van der Waals surface area contributed by atoms with Crippen molar-refractivity contribution in [2.75, 3.05) is 0 Å². The zero-order valence-electron chi connectivity index (χ0n) is 16.9. The molecule has 3 aromatic rings. The van der Waals surface area contributed by atoms with E-state index in [9.17, 15) is 9.59 Å². The summed E-state index contributed by atoms with van der Waals surface area (Å²) in [5.41, 5.74) is 2.81. The number of carbonyl (C=O) groups is 2. The summed E-state index contributed by atoms with van der Waals surface area (Å²) in [4.78, 5) is 20.0. The van der Waals surface area contributed by atoms with Crippen LogP contribution in [0.5, 0.6) is 28.7 Å². The number of phenols is 4. The predicted octanol–water partition coefficient (Wildman–Crippen LogP) is 4.16. The molecule has 0 heterocycles. The van der Waals surface area contributed by atoms with E-state index in [4.69, 9.17) is 20.4 Å². The lowest BCUT2D eigenvalue weighted by atomic mass is 10.1. The molecule has 0 fully saturated rings. The van der Waals surface area contributed by atoms with Gasteiger partial charge in [-0.2, -0.15) is 0 Å². The molecule has 158 valence electrons. The van der Waals surface area contributed by atoms with Crippen molar-refractivity contribution in [1.82, 2.24) is 0 Å². The smallest absolute Gasteiger partial charge is 0.298 e. The summed E-state index contributed by atoms with van der Waals surface area (Å²) in [5, 5.41) is 35.9. The molecule has 0 aromatic heterocycles. The van der Waals surface area contributed by atoms with Crippen LogP contribution in [0.4, 0.5) is 0 Å². The predicted molar refractivity (Wildman–Crippen MR) is 112 cm³/mol. The van der Waals surface area contributed by atoms with Gasteiger partial charge in [-0.05, 0) is 55.7 Å². The van der Waals surface area contributed by atoms with Gasteiger partial charge >= 0.3 is 0 Å². The molecule has 0 atom stereocenters. The highest BCUT2D eigenvalue weighted by Crippen LogP contribution is 2.22. The van der Waals surface area contributed by atoms with E-state index in [1.165, 1.54) is 24.3 Å². The molecule has 3 aromatic carbocycles. The average Bonchev–Trinajstić information content (AvgIpc) is 2.71. The average molecular weight is 412 g/mol. The zero-order valence-corrected chi connectivity index (χ0v) is 16.9. The first kappa shape index (κ1) is 24.0. The van der Waals surface area contributed by atoms with E-state index in [-0.39, 0.29) is 23.0 Å². The van der Waals surface area contributed by atoms with Gasteiger partial charge < -0.3 is 25.2 Å². The van der Waals surface area contributed by atoms with Crippen LogP contribution in [0.25, 0.3) is 0 Å². The minimum atomic E-state index is 0.0955. The van der Waals surface area contributed by atoms with E-state index in [0.717, 1.165) is 16.7 Å². The number of rotatable bonds is 3. The fourth-order valence-corrected chi connectivity index (χ4v) is 2.02. The van der Waals surface area contributed by atoms with Gasteiger partial charge in [0.25, 0.3) is 6.47 Å². The van der Waals surface area contributed by atoms with Crippen molar-refractivity contribution in [3.8, 4) is 28.7 Å². The molecule has 0 aliphatic rings. The minimum absolute atomic E-state index is 0.0955. The van der Waals surface area contributed by atoms with Gasteiger partial charge in [0.1, 0.15) is 35.0 Å². The molecule has 30 heavy (non-hydrogen) atoms. The third-order valence-corrected chi connectivity index (χ3v) is 3.93. The van der Waals surface area contributed by atoms with Crippen LogP contribution in [-0.4, -0.2) is 33.2 Å². The Bertz CT molecular complexity index is 997. The molecule has 0 saturated carbocycles. The monoisotopic (exact) mass is 412 g/mol.